The van der Waals surface area contributed by atoms with Crippen LogP contribution < -0.4 is 0 Å². The number of amides is 2. The lowest BCUT2D eigenvalue weighted by atomic mass is 9.66. The zero-order chi connectivity index (χ0) is 26.6. The van der Waals surface area contributed by atoms with Crippen molar-refractivity contribution in [2.24, 2.45) is 11.8 Å². The summed E-state index contributed by atoms with van der Waals surface area (Å²) in [5.41, 5.74) is -0.901. The lowest BCUT2D eigenvalue weighted by molar-refractivity contribution is -0.160. The smallest absolute Gasteiger partial charge is 0.312 e. The Labute approximate surface area is 219 Å². The van der Waals surface area contributed by atoms with Crippen molar-refractivity contribution in [2.75, 3.05) is 26.3 Å². The van der Waals surface area contributed by atoms with Gasteiger partial charge < -0.3 is 24.4 Å². The Balaban J connectivity index is 1.68. The highest BCUT2D eigenvalue weighted by atomic mass is 16.6. The monoisotopic (exact) mass is 512 g/mol. The Bertz CT molecular complexity index is 999. The second-order valence-corrected chi connectivity index (χ2v) is 10.6. The van der Waals surface area contributed by atoms with E-state index < -0.39 is 35.0 Å². The van der Waals surface area contributed by atoms with E-state index in [4.69, 9.17) is 14.6 Å². The van der Waals surface area contributed by atoms with Gasteiger partial charge in [-0.25, -0.2) is 0 Å². The average Bonchev–Trinajstić information content (AvgIpc) is 3.45. The van der Waals surface area contributed by atoms with Gasteiger partial charge in [-0.3, -0.25) is 14.4 Å². The molecule has 1 N–H and O–H groups in total. The van der Waals surface area contributed by atoms with E-state index in [0.29, 0.717) is 45.3 Å². The number of aliphatic hydroxyl groups excluding tert-OH is 1. The molecule has 5 atom stereocenters. The lowest BCUT2D eigenvalue weighted by Crippen LogP contribution is -2.56. The van der Waals surface area contributed by atoms with Crippen LogP contribution >= 0.6 is 0 Å². The number of unbranched alkanes of at least 4 members (excludes halogenated alkanes) is 3. The van der Waals surface area contributed by atoms with Crippen molar-refractivity contribution in [1.29, 1.82) is 0 Å². The molecule has 1 aromatic rings. The third-order valence-corrected chi connectivity index (χ3v) is 8.24. The van der Waals surface area contributed by atoms with Crippen LogP contribution in [-0.4, -0.2) is 76.2 Å². The second-order valence-electron chi connectivity index (χ2n) is 10.6. The maximum Gasteiger partial charge on any atom is 0.312 e. The molecule has 2 bridgehead atoms. The van der Waals surface area contributed by atoms with Gasteiger partial charge >= 0.3 is 5.97 Å². The van der Waals surface area contributed by atoms with Gasteiger partial charge in [0.05, 0.1) is 18.1 Å². The van der Waals surface area contributed by atoms with E-state index in [1.165, 1.54) is 0 Å². The van der Waals surface area contributed by atoms with Gasteiger partial charge in [0.25, 0.3) is 0 Å². The molecule has 1 spiro atoms. The van der Waals surface area contributed by atoms with Gasteiger partial charge in [-0.15, -0.1) is 6.58 Å². The van der Waals surface area contributed by atoms with E-state index in [2.05, 4.69) is 6.58 Å². The van der Waals surface area contributed by atoms with Gasteiger partial charge in [0.2, 0.25) is 11.8 Å². The lowest BCUT2D eigenvalue weighted by Gasteiger charge is -2.37. The number of benzene rings is 1. The third kappa shape index (κ3) is 4.93. The summed E-state index contributed by atoms with van der Waals surface area (Å²) in [6, 6.07) is 8.93. The number of esters is 1. The van der Waals surface area contributed by atoms with Crippen LogP contribution in [0.25, 0.3) is 0 Å². The van der Waals surface area contributed by atoms with Gasteiger partial charge in [-0.2, -0.15) is 0 Å². The fourth-order valence-corrected chi connectivity index (χ4v) is 6.65. The molecule has 1 aromatic carbocycles. The Kier molecular flexibility index (Phi) is 8.39. The van der Waals surface area contributed by atoms with Crippen molar-refractivity contribution in [2.45, 2.75) is 76.2 Å². The molecule has 2 amide bonds. The van der Waals surface area contributed by atoms with E-state index in [0.717, 1.165) is 18.4 Å². The molecular formula is C29H40N2O6. The van der Waals surface area contributed by atoms with Crippen molar-refractivity contribution in [3.05, 3.63) is 48.6 Å². The van der Waals surface area contributed by atoms with Crippen LogP contribution in [0.4, 0.5) is 0 Å². The van der Waals surface area contributed by atoms with Crippen molar-refractivity contribution in [3.63, 3.8) is 0 Å². The summed E-state index contributed by atoms with van der Waals surface area (Å²) >= 11 is 0. The van der Waals surface area contributed by atoms with Crippen LogP contribution in [0.3, 0.4) is 0 Å². The number of ether oxygens (including phenoxy) is 2. The molecule has 3 fully saturated rings. The van der Waals surface area contributed by atoms with Crippen LogP contribution in [0.5, 0.6) is 0 Å². The summed E-state index contributed by atoms with van der Waals surface area (Å²) in [5.74, 6) is -2.26. The van der Waals surface area contributed by atoms with Gasteiger partial charge in [0.15, 0.2) is 0 Å². The van der Waals surface area contributed by atoms with Gasteiger partial charge in [0, 0.05) is 26.2 Å². The molecule has 2 unspecified atom stereocenters. The zero-order valence-corrected chi connectivity index (χ0v) is 22.1. The first-order valence-corrected chi connectivity index (χ1v) is 13.5. The van der Waals surface area contributed by atoms with Crippen LogP contribution in [0.2, 0.25) is 0 Å². The highest BCUT2D eigenvalue weighted by molar-refractivity contribution is 5.98. The molecule has 3 saturated heterocycles. The van der Waals surface area contributed by atoms with Gasteiger partial charge in [-0.1, -0.05) is 49.2 Å². The third-order valence-electron chi connectivity index (χ3n) is 8.24. The maximum atomic E-state index is 14.3. The number of fused-ring (bicyclic) bond motifs is 1. The fraction of sp³-hybridized carbons (Fsp3) is 0.621. The largest absolute Gasteiger partial charge is 0.466 e. The predicted molar refractivity (Wildman–Crippen MR) is 138 cm³/mol. The van der Waals surface area contributed by atoms with Crippen LogP contribution in [0.1, 0.15) is 57.9 Å². The van der Waals surface area contributed by atoms with Crippen LogP contribution in [0, 0.1) is 11.8 Å². The number of likely N-dealkylation sites (tertiary alicyclic amines) is 1. The second kappa shape index (κ2) is 11.4. The summed E-state index contributed by atoms with van der Waals surface area (Å²) in [7, 11) is 0. The van der Waals surface area contributed by atoms with Crippen molar-refractivity contribution in [3.8, 4) is 0 Å². The minimum absolute atomic E-state index is 0.137. The predicted octanol–water partition coefficient (Wildman–Crippen LogP) is 3.08. The molecule has 37 heavy (non-hydrogen) atoms. The normalized spacial score (nSPS) is 29.9. The van der Waals surface area contributed by atoms with Gasteiger partial charge in [-0.05, 0) is 45.1 Å². The average molecular weight is 513 g/mol. The maximum absolute atomic E-state index is 14.3. The van der Waals surface area contributed by atoms with Crippen molar-refractivity contribution >= 4 is 17.8 Å². The zero-order valence-electron chi connectivity index (χ0n) is 22.1. The first-order valence-electron chi connectivity index (χ1n) is 13.5. The number of hydrogen-bond donors (Lipinski definition) is 1. The highest BCUT2D eigenvalue weighted by Crippen LogP contribution is 2.63. The van der Waals surface area contributed by atoms with E-state index in [1.807, 2.05) is 37.3 Å². The number of rotatable bonds is 13. The van der Waals surface area contributed by atoms with E-state index in [-0.39, 0.29) is 25.0 Å². The fourth-order valence-electron chi connectivity index (χ4n) is 6.65. The molecule has 3 aliphatic heterocycles. The molecule has 0 aromatic heterocycles. The molecule has 8 nitrogen and oxygen atoms in total. The Morgan fingerprint density at radius 3 is 2.62 bits per heavy atom. The first-order chi connectivity index (χ1) is 17.8. The summed E-state index contributed by atoms with van der Waals surface area (Å²) < 4.78 is 12.0. The summed E-state index contributed by atoms with van der Waals surface area (Å²) in [6.07, 6.45) is 5.93. The Morgan fingerprint density at radius 2 is 1.95 bits per heavy atom. The topological polar surface area (TPSA) is 96.4 Å². The molecule has 0 radical (unpaired) electrons. The molecule has 3 heterocycles. The molecule has 3 aliphatic rings. The number of hydrogen-bond acceptors (Lipinski definition) is 6. The number of aliphatic hydroxyl groups is 1. The SMILES string of the molecule is C=CCN(Cc1ccccc1)C(=O)C1N(CCCCCCO)C(=O)[C@@H]2[C@@H](C(=O)OCC)[C@@]3(C)CCC12O3. The summed E-state index contributed by atoms with van der Waals surface area (Å²) in [5, 5.41) is 9.11. The Morgan fingerprint density at radius 1 is 1.22 bits per heavy atom. The number of nitrogens with zero attached hydrogens (tertiary/aromatic N) is 2. The summed E-state index contributed by atoms with van der Waals surface area (Å²) in [6.45, 7) is 8.97. The quantitative estimate of drug-likeness (QED) is 0.248. The number of carbonyl (C=O) groups excluding carboxylic acids is 3. The van der Waals surface area contributed by atoms with E-state index in [9.17, 15) is 14.4 Å². The molecule has 0 aliphatic carbocycles. The minimum Gasteiger partial charge on any atom is -0.466 e. The van der Waals surface area contributed by atoms with Gasteiger partial charge in [0.1, 0.15) is 17.6 Å². The first kappa shape index (κ1) is 27.3. The van der Waals surface area contributed by atoms with Crippen LogP contribution in [0.15, 0.2) is 43.0 Å². The van der Waals surface area contributed by atoms with E-state index in [1.54, 1.807) is 22.8 Å². The Hall–Kier alpha value is -2.71. The van der Waals surface area contributed by atoms with Crippen LogP contribution in [-0.2, 0) is 30.4 Å². The molecule has 0 saturated carbocycles. The molecular weight excluding hydrogens is 472 g/mol. The number of carbonyl (C=O) groups is 3. The standard InChI is InChI=1S/C29H40N2O6/c1-4-17-30(20-21-13-9-8-10-14-21)26(34)24-29-16-15-28(3,37-29)23(27(35)36-5-2)22(29)25(33)31(24)18-11-6-7-12-19-32/h4,8-10,13-14,22-24,32H,1,5-7,11-12,15-20H2,2-3H3/t22-,23-,24?,28+,29?/m0/s1. The molecule has 8 heteroatoms. The highest BCUT2D eigenvalue weighted by Gasteiger charge is 2.78. The van der Waals surface area contributed by atoms with E-state index >= 15 is 0 Å². The molecule has 4 rings (SSSR count). The summed E-state index contributed by atoms with van der Waals surface area (Å²) in [4.78, 5) is 44.8. The van der Waals surface area contributed by atoms with Crippen molar-refractivity contribution < 1.29 is 29.0 Å². The van der Waals surface area contributed by atoms with Crippen molar-refractivity contribution in [1.82, 2.24) is 9.80 Å². The molecule has 202 valence electrons. The minimum atomic E-state index is -1.05.